The maximum atomic E-state index is 12.9. The molecule has 8 nitrogen and oxygen atoms in total. The molecule has 4 heterocycles. The highest BCUT2D eigenvalue weighted by Crippen LogP contribution is 2.39. The summed E-state index contributed by atoms with van der Waals surface area (Å²) in [7, 11) is 1.59. The Hall–Kier alpha value is -4.24. The van der Waals surface area contributed by atoms with Crippen molar-refractivity contribution in [1.29, 1.82) is 0 Å². The predicted octanol–water partition coefficient (Wildman–Crippen LogP) is 4.34. The second-order valence-electron chi connectivity index (χ2n) is 8.74. The summed E-state index contributed by atoms with van der Waals surface area (Å²) < 4.78 is 7.57. The number of hydrogen-bond acceptors (Lipinski definition) is 5. The van der Waals surface area contributed by atoms with Gasteiger partial charge in [0.1, 0.15) is 5.75 Å². The van der Waals surface area contributed by atoms with E-state index in [-0.39, 0.29) is 24.4 Å². The molecule has 0 spiro atoms. The molecule has 0 radical (unpaired) electrons. The summed E-state index contributed by atoms with van der Waals surface area (Å²) >= 11 is 5.78. The first-order valence-corrected chi connectivity index (χ1v) is 12.5. The highest BCUT2D eigenvalue weighted by molar-refractivity contribution is 7.80. The van der Waals surface area contributed by atoms with Crippen LogP contribution in [0.3, 0.4) is 0 Å². The third-order valence-corrected chi connectivity index (χ3v) is 6.75. The van der Waals surface area contributed by atoms with Crippen molar-refractivity contribution >= 4 is 28.9 Å². The number of anilines is 1. The van der Waals surface area contributed by atoms with E-state index in [1.807, 2.05) is 60.8 Å². The van der Waals surface area contributed by atoms with E-state index in [2.05, 4.69) is 48.4 Å². The molecular weight excluding hydrogens is 484 g/mol. The topological polar surface area (TPSA) is 84.3 Å². The van der Waals surface area contributed by atoms with Gasteiger partial charge in [-0.2, -0.15) is 0 Å². The van der Waals surface area contributed by atoms with Gasteiger partial charge in [-0.05, 0) is 60.2 Å². The second-order valence-corrected chi connectivity index (χ2v) is 9.13. The lowest BCUT2D eigenvalue weighted by molar-refractivity contribution is -0.116. The summed E-state index contributed by atoms with van der Waals surface area (Å²) in [5, 5.41) is 7.01. The normalized spacial score (nSPS) is 16.9. The van der Waals surface area contributed by atoms with E-state index in [0.29, 0.717) is 29.6 Å². The van der Waals surface area contributed by atoms with Crippen molar-refractivity contribution in [2.45, 2.75) is 25.0 Å². The van der Waals surface area contributed by atoms with Gasteiger partial charge in [-0.25, -0.2) is 0 Å². The number of amides is 1. The third-order valence-electron chi connectivity index (χ3n) is 6.40. The van der Waals surface area contributed by atoms with Crippen LogP contribution in [0.5, 0.6) is 5.75 Å². The van der Waals surface area contributed by atoms with Crippen molar-refractivity contribution < 1.29 is 9.53 Å². The summed E-state index contributed by atoms with van der Waals surface area (Å²) in [6, 6.07) is 21.1. The van der Waals surface area contributed by atoms with Crippen LogP contribution >= 0.6 is 12.2 Å². The number of pyridine rings is 2. The van der Waals surface area contributed by atoms with Crippen LogP contribution in [0.15, 0.2) is 91.5 Å². The van der Waals surface area contributed by atoms with Crippen LogP contribution in [0.2, 0.25) is 0 Å². The molecular formula is C28H28N6O2S. The molecule has 0 unspecified atom stereocenters. The van der Waals surface area contributed by atoms with Gasteiger partial charge in [0.15, 0.2) is 5.11 Å². The fourth-order valence-corrected chi connectivity index (χ4v) is 5.01. The molecule has 5 rings (SSSR count). The molecule has 2 atom stereocenters. The molecule has 1 aromatic carbocycles. The Balaban J connectivity index is 1.40. The van der Waals surface area contributed by atoms with Gasteiger partial charge in [-0.15, -0.1) is 0 Å². The maximum Gasteiger partial charge on any atom is 0.226 e. The number of thiocarbonyl (C=S) groups is 1. The molecule has 37 heavy (non-hydrogen) atoms. The van der Waals surface area contributed by atoms with Crippen molar-refractivity contribution in [2.75, 3.05) is 19.0 Å². The average Bonchev–Trinajstić information content (AvgIpc) is 3.52. The monoisotopic (exact) mass is 512 g/mol. The van der Waals surface area contributed by atoms with E-state index in [0.717, 1.165) is 17.0 Å². The lowest BCUT2D eigenvalue weighted by Crippen LogP contribution is -2.33. The smallest absolute Gasteiger partial charge is 0.226 e. The van der Waals surface area contributed by atoms with Crippen LogP contribution in [0, 0.1) is 0 Å². The van der Waals surface area contributed by atoms with Crippen LogP contribution in [-0.2, 0) is 11.3 Å². The van der Waals surface area contributed by atoms with Crippen LogP contribution < -0.4 is 15.4 Å². The van der Waals surface area contributed by atoms with E-state index in [1.165, 1.54) is 0 Å². The van der Waals surface area contributed by atoms with Crippen molar-refractivity contribution in [3.05, 3.63) is 108 Å². The van der Waals surface area contributed by atoms with Gasteiger partial charge in [0.25, 0.3) is 0 Å². The molecule has 9 heteroatoms. The van der Waals surface area contributed by atoms with Crippen LogP contribution in [0.25, 0.3) is 0 Å². The first-order valence-electron chi connectivity index (χ1n) is 12.1. The van der Waals surface area contributed by atoms with E-state index < -0.39 is 0 Å². The number of carbonyl (C=O) groups is 1. The molecule has 3 aromatic heterocycles. The minimum atomic E-state index is -0.159. The van der Waals surface area contributed by atoms with Gasteiger partial charge in [-0.3, -0.25) is 14.8 Å². The molecule has 1 amide bonds. The average molecular weight is 513 g/mol. The fraction of sp³-hybridized carbons (Fsp3) is 0.214. The molecule has 2 N–H and O–H groups in total. The molecule has 0 bridgehead atoms. The molecule has 0 saturated carbocycles. The van der Waals surface area contributed by atoms with Crippen molar-refractivity contribution in [2.24, 2.45) is 0 Å². The second kappa shape index (κ2) is 11.2. The summed E-state index contributed by atoms with van der Waals surface area (Å²) in [6.45, 7) is 1.12. The zero-order valence-electron chi connectivity index (χ0n) is 20.4. The highest BCUT2D eigenvalue weighted by Gasteiger charge is 2.41. The summed E-state index contributed by atoms with van der Waals surface area (Å²) in [6.07, 6.45) is 7.75. The molecule has 1 aliphatic rings. The Kier molecular flexibility index (Phi) is 7.41. The minimum absolute atomic E-state index is 0.113. The zero-order valence-corrected chi connectivity index (χ0v) is 21.3. The lowest BCUT2D eigenvalue weighted by atomic mass is 10.0. The maximum absolute atomic E-state index is 12.9. The Morgan fingerprint density at radius 3 is 2.73 bits per heavy atom. The summed E-state index contributed by atoms with van der Waals surface area (Å²) in [4.78, 5) is 23.9. The van der Waals surface area contributed by atoms with E-state index in [9.17, 15) is 4.79 Å². The number of benzene rings is 1. The minimum Gasteiger partial charge on any atom is -0.495 e. The number of hydrogen-bond donors (Lipinski definition) is 2. The number of rotatable bonds is 9. The van der Waals surface area contributed by atoms with Crippen molar-refractivity contribution in [3.63, 3.8) is 0 Å². The number of ether oxygens (including phenoxy) is 1. The molecule has 188 valence electrons. The standard InChI is InChI=1S/C28H28N6O2S/c1-36-24-12-3-2-9-21(24)31-25(35)13-17-34-27(26(32-28(34)37)22-10-4-5-15-30-22)23-11-7-16-33(23)19-20-8-6-14-29-18-20/h2-12,14-16,18,26-27H,13,17,19H2,1H3,(H,31,35)(H,32,37)/t26-,27-/m1/s1. The lowest BCUT2D eigenvalue weighted by Gasteiger charge is -2.29. The van der Waals surface area contributed by atoms with E-state index in [4.69, 9.17) is 17.0 Å². The number of nitrogens with zero attached hydrogens (tertiary/aromatic N) is 4. The molecule has 0 aliphatic carbocycles. The fourth-order valence-electron chi connectivity index (χ4n) is 4.68. The predicted molar refractivity (Wildman–Crippen MR) is 146 cm³/mol. The largest absolute Gasteiger partial charge is 0.495 e. The van der Waals surface area contributed by atoms with Gasteiger partial charge in [0.2, 0.25) is 5.91 Å². The van der Waals surface area contributed by atoms with E-state index >= 15 is 0 Å². The van der Waals surface area contributed by atoms with Gasteiger partial charge >= 0.3 is 0 Å². The molecule has 1 fully saturated rings. The van der Waals surface area contributed by atoms with Crippen LogP contribution in [0.1, 0.15) is 35.5 Å². The first kappa shape index (κ1) is 24.5. The number of carbonyl (C=O) groups excluding carboxylic acids is 1. The van der Waals surface area contributed by atoms with Gasteiger partial charge in [0, 0.05) is 50.0 Å². The molecule has 1 saturated heterocycles. The van der Waals surface area contributed by atoms with Gasteiger partial charge < -0.3 is 24.8 Å². The van der Waals surface area contributed by atoms with Crippen LogP contribution in [0.4, 0.5) is 5.69 Å². The number of methoxy groups -OCH3 is 1. The zero-order chi connectivity index (χ0) is 25.6. The van der Waals surface area contributed by atoms with Gasteiger partial charge in [0.05, 0.1) is 30.6 Å². The van der Waals surface area contributed by atoms with E-state index in [1.54, 1.807) is 19.5 Å². The van der Waals surface area contributed by atoms with Crippen molar-refractivity contribution in [1.82, 2.24) is 24.8 Å². The quantitative estimate of drug-likeness (QED) is 0.323. The molecule has 1 aliphatic heterocycles. The molecule has 4 aromatic rings. The Morgan fingerprint density at radius 1 is 1.08 bits per heavy atom. The number of para-hydroxylation sites is 2. The Bertz CT molecular complexity index is 1360. The highest BCUT2D eigenvalue weighted by atomic mass is 32.1. The third kappa shape index (κ3) is 5.46. The van der Waals surface area contributed by atoms with Gasteiger partial charge in [-0.1, -0.05) is 24.3 Å². The number of aromatic nitrogens is 3. The summed E-state index contributed by atoms with van der Waals surface area (Å²) in [5.74, 6) is 0.508. The SMILES string of the molecule is COc1ccccc1NC(=O)CCN1C(=S)N[C@H](c2ccccn2)[C@H]1c1cccn1Cc1cccnc1. The Morgan fingerprint density at radius 2 is 1.95 bits per heavy atom. The Labute approximate surface area is 221 Å². The van der Waals surface area contributed by atoms with Crippen LogP contribution in [-0.4, -0.2) is 44.1 Å². The van der Waals surface area contributed by atoms with Crippen molar-refractivity contribution in [3.8, 4) is 5.75 Å². The number of nitrogens with one attached hydrogen (secondary N) is 2. The summed E-state index contributed by atoms with van der Waals surface area (Å²) in [5.41, 5.74) is 3.72. The first-order chi connectivity index (χ1) is 18.1.